The lowest BCUT2D eigenvalue weighted by molar-refractivity contribution is 0.321. The van der Waals surface area contributed by atoms with E-state index in [0.29, 0.717) is 6.04 Å². The number of aryl methyl sites for hydroxylation is 1. The molecule has 0 radical (unpaired) electrons. The maximum absolute atomic E-state index is 3.79. The summed E-state index contributed by atoms with van der Waals surface area (Å²) in [5.74, 6) is 0. The molecule has 1 aliphatic heterocycles. The van der Waals surface area contributed by atoms with Crippen LogP contribution >= 0.6 is 0 Å². The quantitative estimate of drug-likeness (QED) is 0.902. The molecule has 0 amide bonds. The predicted molar refractivity (Wildman–Crippen MR) is 87.7 cm³/mol. The molecule has 1 atom stereocenters. The molecule has 1 aromatic heterocycles. The van der Waals surface area contributed by atoms with Crippen LogP contribution < -0.4 is 5.32 Å². The van der Waals surface area contributed by atoms with Gasteiger partial charge < -0.3 is 15.2 Å². The van der Waals surface area contributed by atoms with Crippen molar-refractivity contribution in [2.24, 2.45) is 0 Å². The summed E-state index contributed by atoms with van der Waals surface area (Å²) in [6.45, 7) is 4.90. The number of hydrogen-bond acceptors (Lipinski definition) is 2. The molecule has 1 saturated heterocycles. The van der Waals surface area contributed by atoms with E-state index in [2.05, 4.69) is 39.5 Å². The highest BCUT2D eigenvalue weighted by Crippen LogP contribution is 2.34. The minimum absolute atomic E-state index is 0.517. The monoisotopic (exact) mass is 283 g/mol. The molecule has 0 bridgehead atoms. The fourth-order valence-corrected chi connectivity index (χ4v) is 4.02. The first kappa shape index (κ1) is 13.4. The summed E-state index contributed by atoms with van der Waals surface area (Å²) >= 11 is 0. The zero-order valence-electron chi connectivity index (χ0n) is 12.7. The maximum Gasteiger partial charge on any atom is 0.0476 e. The first-order valence-electron chi connectivity index (χ1n) is 8.47. The van der Waals surface area contributed by atoms with Crippen LogP contribution in [-0.4, -0.2) is 36.1 Å². The minimum atomic E-state index is 0.517. The summed E-state index contributed by atoms with van der Waals surface area (Å²) in [6, 6.07) is 9.26. The molecular weight excluding hydrogens is 258 g/mol. The molecular formula is C18H25N3. The highest BCUT2D eigenvalue weighted by Gasteiger charge is 2.23. The standard InChI is InChI=1S/C18H25N3/c1-2-8-16-14(6-1)15-7-5-9-17(18(15)20-16)19-10-13-21-11-3-4-12-21/h1-2,6,8,17,19-20H,3-5,7,9-13H2. The van der Waals surface area contributed by atoms with E-state index in [9.17, 15) is 0 Å². The van der Waals surface area contributed by atoms with Crippen molar-refractivity contribution in [1.82, 2.24) is 15.2 Å². The van der Waals surface area contributed by atoms with Crippen LogP contribution in [0.3, 0.4) is 0 Å². The van der Waals surface area contributed by atoms with E-state index in [1.165, 1.54) is 68.3 Å². The van der Waals surface area contributed by atoms with E-state index < -0.39 is 0 Å². The normalized spacial score (nSPS) is 22.8. The van der Waals surface area contributed by atoms with Crippen LogP contribution in [0.15, 0.2) is 24.3 Å². The van der Waals surface area contributed by atoms with Crippen LogP contribution in [0.25, 0.3) is 10.9 Å². The summed E-state index contributed by atoms with van der Waals surface area (Å²) in [7, 11) is 0. The topological polar surface area (TPSA) is 31.1 Å². The molecule has 1 aromatic carbocycles. The molecule has 0 spiro atoms. The van der Waals surface area contributed by atoms with Crippen LogP contribution in [0.5, 0.6) is 0 Å². The molecule has 1 aliphatic carbocycles. The van der Waals surface area contributed by atoms with Crippen molar-refractivity contribution in [3.05, 3.63) is 35.5 Å². The molecule has 3 heteroatoms. The Labute approximate surface area is 126 Å². The summed E-state index contributed by atoms with van der Waals surface area (Å²) in [5, 5.41) is 5.22. The highest BCUT2D eigenvalue weighted by molar-refractivity contribution is 5.85. The molecule has 4 rings (SSSR count). The van der Waals surface area contributed by atoms with Gasteiger partial charge in [0.2, 0.25) is 0 Å². The summed E-state index contributed by atoms with van der Waals surface area (Å²) < 4.78 is 0. The van der Waals surface area contributed by atoms with Gasteiger partial charge in [-0.3, -0.25) is 0 Å². The second-order valence-corrected chi connectivity index (χ2v) is 6.51. The van der Waals surface area contributed by atoms with Gasteiger partial charge in [-0.2, -0.15) is 0 Å². The minimum Gasteiger partial charge on any atom is -0.357 e. The zero-order valence-corrected chi connectivity index (χ0v) is 12.7. The van der Waals surface area contributed by atoms with Crippen molar-refractivity contribution in [3.63, 3.8) is 0 Å². The van der Waals surface area contributed by atoms with Crippen LogP contribution in [0.2, 0.25) is 0 Å². The number of likely N-dealkylation sites (tertiary alicyclic amines) is 1. The number of aromatic amines is 1. The fraction of sp³-hybridized carbons (Fsp3) is 0.556. The molecule has 112 valence electrons. The SMILES string of the molecule is c1ccc2c3c([nH]c2c1)C(NCCN1CCCC1)CCC3. The van der Waals surface area contributed by atoms with E-state index in [4.69, 9.17) is 0 Å². The van der Waals surface area contributed by atoms with Gasteiger partial charge in [-0.05, 0) is 56.8 Å². The highest BCUT2D eigenvalue weighted by atomic mass is 15.2. The lowest BCUT2D eigenvalue weighted by Crippen LogP contribution is -2.33. The van der Waals surface area contributed by atoms with Gasteiger partial charge in [0.15, 0.2) is 0 Å². The number of aromatic nitrogens is 1. The van der Waals surface area contributed by atoms with Crippen LogP contribution in [0, 0.1) is 0 Å². The van der Waals surface area contributed by atoms with Gasteiger partial charge in [0.05, 0.1) is 0 Å². The van der Waals surface area contributed by atoms with Crippen LogP contribution in [-0.2, 0) is 6.42 Å². The smallest absolute Gasteiger partial charge is 0.0476 e. The molecule has 1 unspecified atom stereocenters. The number of nitrogens with zero attached hydrogens (tertiary/aromatic N) is 1. The molecule has 1 fully saturated rings. The van der Waals surface area contributed by atoms with Crippen LogP contribution in [0.1, 0.15) is 43.0 Å². The van der Waals surface area contributed by atoms with Gasteiger partial charge in [0.1, 0.15) is 0 Å². The van der Waals surface area contributed by atoms with Crippen molar-refractivity contribution in [1.29, 1.82) is 0 Å². The Hall–Kier alpha value is -1.32. The average molecular weight is 283 g/mol. The van der Waals surface area contributed by atoms with E-state index in [1.807, 2.05) is 0 Å². The van der Waals surface area contributed by atoms with Crippen molar-refractivity contribution in [2.45, 2.75) is 38.1 Å². The molecule has 2 aromatic rings. The number of rotatable bonds is 4. The summed E-state index contributed by atoms with van der Waals surface area (Å²) in [4.78, 5) is 6.25. The third-order valence-corrected chi connectivity index (χ3v) is 5.13. The average Bonchev–Trinajstić information content (AvgIpc) is 3.15. The number of fused-ring (bicyclic) bond motifs is 3. The van der Waals surface area contributed by atoms with E-state index in [-0.39, 0.29) is 0 Å². The number of nitrogens with one attached hydrogen (secondary N) is 2. The van der Waals surface area contributed by atoms with Gasteiger partial charge >= 0.3 is 0 Å². The molecule has 2 aliphatic rings. The lowest BCUT2D eigenvalue weighted by Gasteiger charge is -2.25. The molecule has 0 saturated carbocycles. The molecule has 2 N–H and O–H groups in total. The molecule has 21 heavy (non-hydrogen) atoms. The Morgan fingerprint density at radius 3 is 2.90 bits per heavy atom. The van der Waals surface area contributed by atoms with Crippen molar-refractivity contribution >= 4 is 10.9 Å². The van der Waals surface area contributed by atoms with Crippen LogP contribution in [0.4, 0.5) is 0 Å². The summed E-state index contributed by atoms with van der Waals surface area (Å²) in [5.41, 5.74) is 4.30. The molecule has 3 nitrogen and oxygen atoms in total. The first-order valence-corrected chi connectivity index (χ1v) is 8.47. The number of hydrogen-bond donors (Lipinski definition) is 2. The van der Waals surface area contributed by atoms with Crippen molar-refractivity contribution in [3.8, 4) is 0 Å². The predicted octanol–water partition coefficient (Wildman–Crippen LogP) is 3.23. The number of H-pyrrole nitrogens is 1. The lowest BCUT2D eigenvalue weighted by atomic mass is 9.92. The third-order valence-electron chi connectivity index (χ3n) is 5.13. The first-order chi connectivity index (χ1) is 10.4. The zero-order chi connectivity index (χ0) is 14.1. The second kappa shape index (κ2) is 5.82. The largest absolute Gasteiger partial charge is 0.357 e. The Morgan fingerprint density at radius 1 is 1.14 bits per heavy atom. The number of benzene rings is 1. The fourth-order valence-electron chi connectivity index (χ4n) is 4.02. The third kappa shape index (κ3) is 2.60. The van der Waals surface area contributed by atoms with E-state index >= 15 is 0 Å². The summed E-state index contributed by atoms with van der Waals surface area (Å²) in [6.07, 6.45) is 6.56. The second-order valence-electron chi connectivity index (χ2n) is 6.51. The van der Waals surface area contributed by atoms with Gasteiger partial charge in [0, 0.05) is 35.7 Å². The maximum atomic E-state index is 3.79. The van der Waals surface area contributed by atoms with Gasteiger partial charge in [0.25, 0.3) is 0 Å². The van der Waals surface area contributed by atoms with Crippen molar-refractivity contribution in [2.75, 3.05) is 26.2 Å². The van der Waals surface area contributed by atoms with Gasteiger partial charge in [-0.25, -0.2) is 0 Å². The Balaban J connectivity index is 1.47. The Kier molecular flexibility index (Phi) is 3.70. The van der Waals surface area contributed by atoms with E-state index in [0.717, 1.165) is 6.54 Å². The number of para-hydroxylation sites is 1. The van der Waals surface area contributed by atoms with E-state index in [1.54, 1.807) is 5.56 Å². The van der Waals surface area contributed by atoms with Crippen molar-refractivity contribution < 1.29 is 0 Å². The molecule has 2 heterocycles. The Morgan fingerprint density at radius 2 is 2.00 bits per heavy atom. The van der Waals surface area contributed by atoms with Gasteiger partial charge in [-0.1, -0.05) is 18.2 Å². The Bertz CT molecular complexity index is 610. The van der Waals surface area contributed by atoms with Gasteiger partial charge in [-0.15, -0.1) is 0 Å².